The number of esters is 1. The van der Waals surface area contributed by atoms with Crippen molar-refractivity contribution < 1.29 is 27.8 Å². The average Bonchev–Trinajstić information content (AvgIpc) is 2.35. The van der Waals surface area contributed by atoms with Gasteiger partial charge in [0.05, 0.1) is 18.1 Å². The molecule has 2 rings (SSSR count). The maximum Gasteiger partial charge on any atom is 0.416 e. The van der Waals surface area contributed by atoms with Gasteiger partial charge in [-0.2, -0.15) is 13.2 Å². The van der Waals surface area contributed by atoms with Gasteiger partial charge in [-0.15, -0.1) is 0 Å². The van der Waals surface area contributed by atoms with Gasteiger partial charge in [-0.1, -0.05) is 18.2 Å². The maximum absolute atomic E-state index is 12.5. The molecule has 0 saturated carbocycles. The highest BCUT2D eigenvalue weighted by Gasteiger charge is 2.30. The van der Waals surface area contributed by atoms with Crippen LogP contribution < -0.4 is 0 Å². The van der Waals surface area contributed by atoms with Crippen molar-refractivity contribution in [3.8, 4) is 0 Å². The summed E-state index contributed by atoms with van der Waals surface area (Å²) in [5.41, 5.74) is -0.378. The van der Waals surface area contributed by atoms with E-state index in [4.69, 9.17) is 4.74 Å². The van der Waals surface area contributed by atoms with Crippen molar-refractivity contribution in [3.63, 3.8) is 0 Å². The molecule has 1 aliphatic heterocycles. The monoisotopic (exact) mass is 286 g/mol. The van der Waals surface area contributed by atoms with E-state index >= 15 is 0 Å². The highest BCUT2D eigenvalue weighted by Crippen LogP contribution is 2.29. The van der Waals surface area contributed by atoms with E-state index in [0.29, 0.717) is 5.56 Å². The lowest BCUT2D eigenvalue weighted by Crippen LogP contribution is -2.31. The second kappa shape index (κ2) is 5.66. The minimum absolute atomic E-state index is 0.0477. The molecule has 0 aliphatic carbocycles. The fraction of sp³-hybridized carbons (Fsp3) is 0.357. The van der Waals surface area contributed by atoms with Crippen molar-refractivity contribution in [2.45, 2.75) is 31.2 Å². The van der Waals surface area contributed by atoms with Gasteiger partial charge in [0.1, 0.15) is 6.10 Å². The molecule has 1 aromatic rings. The molecule has 20 heavy (non-hydrogen) atoms. The summed E-state index contributed by atoms with van der Waals surface area (Å²) < 4.78 is 42.6. The number of aliphatic hydroxyl groups is 1. The quantitative estimate of drug-likeness (QED) is 0.850. The Kier molecular flexibility index (Phi) is 4.13. The first-order chi connectivity index (χ1) is 9.34. The zero-order valence-electron chi connectivity index (χ0n) is 10.4. The van der Waals surface area contributed by atoms with Crippen LogP contribution in [0.5, 0.6) is 0 Å². The zero-order chi connectivity index (χ0) is 14.8. The van der Waals surface area contributed by atoms with Gasteiger partial charge in [-0.3, -0.25) is 4.79 Å². The first-order valence-electron chi connectivity index (χ1n) is 6.07. The maximum atomic E-state index is 12.5. The molecule has 0 radical (unpaired) electrons. The van der Waals surface area contributed by atoms with Gasteiger partial charge < -0.3 is 9.84 Å². The largest absolute Gasteiger partial charge is 0.458 e. The summed E-state index contributed by atoms with van der Waals surface area (Å²) in [5.74, 6) is -0.512. The molecule has 0 spiro atoms. The van der Waals surface area contributed by atoms with Crippen LogP contribution in [0.3, 0.4) is 0 Å². The molecule has 0 bridgehead atoms. The molecule has 1 heterocycles. The minimum Gasteiger partial charge on any atom is -0.458 e. The van der Waals surface area contributed by atoms with Gasteiger partial charge >= 0.3 is 12.1 Å². The molecule has 1 aromatic carbocycles. The second-order valence-corrected chi connectivity index (χ2v) is 4.60. The molecule has 0 aromatic heterocycles. The van der Waals surface area contributed by atoms with E-state index in [1.165, 1.54) is 24.3 Å². The molecule has 6 heteroatoms. The van der Waals surface area contributed by atoms with Crippen molar-refractivity contribution >= 4 is 12.0 Å². The van der Waals surface area contributed by atoms with Crippen LogP contribution in [0.25, 0.3) is 6.08 Å². The van der Waals surface area contributed by atoms with Gasteiger partial charge in [-0.25, -0.2) is 0 Å². The number of carbonyl (C=O) groups excluding carboxylic acids is 1. The molecule has 0 unspecified atom stereocenters. The van der Waals surface area contributed by atoms with Crippen molar-refractivity contribution in [1.82, 2.24) is 0 Å². The fourth-order valence-electron chi connectivity index (χ4n) is 1.96. The predicted octanol–water partition coefficient (Wildman–Crippen LogP) is 2.79. The molecular weight excluding hydrogens is 273 g/mol. The lowest BCUT2D eigenvalue weighted by Gasteiger charge is -2.23. The van der Waals surface area contributed by atoms with Gasteiger partial charge in [-0.05, 0) is 23.8 Å². The van der Waals surface area contributed by atoms with Crippen molar-refractivity contribution in [2.75, 3.05) is 0 Å². The summed E-state index contributed by atoms with van der Waals surface area (Å²) in [6, 6.07) is 4.83. The highest BCUT2D eigenvalue weighted by atomic mass is 19.4. The van der Waals surface area contributed by atoms with Crippen LogP contribution in [-0.4, -0.2) is 23.3 Å². The number of rotatable bonds is 2. The van der Waals surface area contributed by atoms with Crippen LogP contribution in [0.2, 0.25) is 0 Å². The van der Waals surface area contributed by atoms with Crippen molar-refractivity contribution in [1.29, 1.82) is 0 Å². The molecule has 1 N–H and O–H groups in total. The molecule has 1 aliphatic rings. The number of carbonyl (C=O) groups is 1. The number of cyclic esters (lactones) is 1. The van der Waals surface area contributed by atoms with Crippen molar-refractivity contribution in [2.24, 2.45) is 0 Å². The van der Waals surface area contributed by atoms with Crippen LogP contribution >= 0.6 is 0 Å². The minimum atomic E-state index is -4.39. The Morgan fingerprint density at radius 2 is 2.10 bits per heavy atom. The number of alkyl halides is 3. The second-order valence-electron chi connectivity index (χ2n) is 4.60. The SMILES string of the molecule is O=C1C[C@@H](O)C[C@H](/C=C/c2cccc(C(F)(F)F)c2)O1. The van der Waals surface area contributed by atoms with E-state index in [1.807, 2.05) is 0 Å². The van der Waals surface area contributed by atoms with E-state index in [0.717, 1.165) is 12.1 Å². The Labute approximate surface area is 113 Å². The lowest BCUT2D eigenvalue weighted by atomic mass is 10.0. The molecule has 0 amide bonds. The van der Waals surface area contributed by atoms with Crippen molar-refractivity contribution in [3.05, 3.63) is 41.5 Å². The summed E-state index contributed by atoms with van der Waals surface area (Å²) in [4.78, 5) is 11.1. The Morgan fingerprint density at radius 1 is 1.35 bits per heavy atom. The molecule has 1 fully saturated rings. The average molecular weight is 286 g/mol. The van der Waals surface area contributed by atoms with Gasteiger partial charge in [0.25, 0.3) is 0 Å². The van der Waals surface area contributed by atoms with Gasteiger partial charge in [0.15, 0.2) is 0 Å². The number of benzene rings is 1. The molecular formula is C14H13F3O3. The number of hydrogen-bond acceptors (Lipinski definition) is 3. The fourth-order valence-corrected chi connectivity index (χ4v) is 1.96. The Hall–Kier alpha value is -1.82. The third-order valence-corrected chi connectivity index (χ3v) is 2.91. The lowest BCUT2D eigenvalue weighted by molar-refractivity contribution is -0.156. The Bertz CT molecular complexity index is 523. The number of halogens is 3. The van der Waals surface area contributed by atoms with E-state index in [2.05, 4.69) is 0 Å². The number of hydrogen-bond donors (Lipinski definition) is 1. The first kappa shape index (κ1) is 14.6. The molecule has 3 nitrogen and oxygen atoms in total. The van der Waals surface area contributed by atoms with E-state index in [-0.39, 0.29) is 12.8 Å². The third kappa shape index (κ3) is 3.84. The molecule has 108 valence electrons. The van der Waals surface area contributed by atoms with Crippen LogP contribution in [0.4, 0.5) is 13.2 Å². The van der Waals surface area contributed by atoms with Gasteiger partial charge in [0.2, 0.25) is 0 Å². The smallest absolute Gasteiger partial charge is 0.416 e. The normalized spacial score (nSPS) is 23.9. The zero-order valence-corrected chi connectivity index (χ0v) is 10.4. The number of ether oxygens (including phenoxy) is 1. The Balaban J connectivity index is 2.09. The highest BCUT2D eigenvalue weighted by molar-refractivity contribution is 5.71. The van der Waals surface area contributed by atoms with Gasteiger partial charge in [0, 0.05) is 6.42 Å². The van der Waals surface area contributed by atoms with Crippen LogP contribution in [0, 0.1) is 0 Å². The summed E-state index contributed by atoms with van der Waals surface area (Å²) in [5, 5.41) is 9.41. The number of aliphatic hydroxyl groups excluding tert-OH is 1. The van der Waals surface area contributed by atoms with E-state index in [1.54, 1.807) is 0 Å². The topological polar surface area (TPSA) is 46.5 Å². The standard InChI is InChI=1S/C14H13F3O3/c15-14(16,17)10-3-1-2-9(6-10)4-5-12-7-11(18)8-13(19)20-12/h1-6,11-12,18H,7-8H2/b5-4+/t11-,12-/m0/s1. The molecule has 2 atom stereocenters. The van der Waals surface area contributed by atoms with Crippen LogP contribution in [0.15, 0.2) is 30.3 Å². The summed E-state index contributed by atoms with van der Waals surface area (Å²) >= 11 is 0. The van der Waals surface area contributed by atoms with E-state index in [9.17, 15) is 23.1 Å². The van der Waals surface area contributed by atoms with Crippen LogP contribution in [0.1, 0.15) is 24.0 Å². The predicted molar refractivity (Wildman–Crippen MR) is 65.6 cm³/mol. The summed E-state index contributed by atoms with van der Waals surface area (Å²) in [7, 11) is 0. The molecule has 1 saturated heterocycles. The summed E-state index contributed by atoms with van der Waals surface area (Å²) in [6.45, 7) is 0. The van der Waals surface area contributed by atoms with Crippen LogP contribution in [-0.2, 0) is 15.7 Å². The Morgan fingerprint density at radius 3 is 2.75 bits per heavy atom. The van der Waals surface area contributed by atoms with E-state index < -0.39 is 29.9 Å². The third-order valence-electron chi connectivity index (χ3n) is 2.91. The first-order valence-corrected chi connectivity index (χ1v) is 6.07. The summed E-state index contributed by atoms with van der Waals surface area (Å²) in [6.07, 6.45) is -2.64.